The summed E-state index contributed by atoms with van der Waals surface area (Å²) >= 11 is 6.68. The van der Waals surface area contributed by atoms with Gasteiger partial charge in [0.2, 0.25) is 0 Å². The molecule has 6 heterocycles. The Kier molecular flexibility index (Phi) is 5.78. The van der Waals surface area contributed by atoms with Crippen LogP contribution in [0.5, 0.6) is 0 Å². The van der Waals surface area contributed by atoms with Gasteiger partial charge in [-0.1, -0.05) is 17.7 Å². The Hall–Kier alpha value is -3.63. The molecule has 1 atom stereocenters. The zero-order valence-electron chi connectivity index (χ0n) is 21.5. The third-order valence-corrected chi connectivity index (χ3v) is 9.35. The number of carbonyl (C=O) groups is 2. The number of aromatic nitrogens is 5. The Morgan fingerprint density at radius 1 is 1.10 bits per heavy atom. The lowest BCUT2D eigenvalue weighted by Gasteiger charge is -2.32. The first kappa shape index (κ1) is 24.4. The second kappa shape index (κ2) is 9.24. The van der Waals surface area contributed by atoms with Crippen LogP contribution in [0.3, 0.4) is 0 Å². The van der Waals surface area contributed by atoms with Gasteiger partial charge >= 0.3 is 0 Å². The van der Waals surface area contributed by atoms with Gasteiger partial charge in [0.05, 0.1) is 29.0 Å². The first-order valence-electron chi connectivity index (χ1n) is 13.5. The molecule has 7 rings (SSSR count). The minimum Gasteiger partial charge on any atom is -0.396 e. The molecule has 1 saturated carbocycles. The lowest BCUT2D eigenvalue weighted by Crippen LogP contribution is -2.40. The Bertz CT molecular complexity index is 1570. The molecule has 2 fully saturated rings. The number of nitrogens with zero attached hydrogens (tertiary/aromatic N) is 6. The predicted molar refractivity (Wildman–Crippen MR) is 144 cm³/mol. The minimum absolute atomic E-state index is 0.0918. The van der Waals surface area contributed by atoms with Gasteiger partial charge in [-0.3, -0.25) is 14.7 Å². The molecule has 11 heteroatoms. The first-order valence-corrected chi connectivity index (χ1v) is 13.9. The van der Waals surface area contributed by atoms with E-state index in [1.54, 1.807) is 11.1 Å². The Balaban J connectivity index is 1.10. The highest BCUT2D eigenvalue weighted by molar-refractivity contribution is 6.32. The molecule has 1 saturated heterocycles. The monoisotopic (exact) mass is 547 g/mol. The van der Waals surface area contributed by atoms with Crippen molar-refractivity contribution in [2.24, 2.45) is 11.3 Å². The number of H-pyrrole nitrogens is 1. The van der Waals surface area contributed by atoms with Crippen molar-refractivity contribution in [1.82, 2.24) is 33.9 Å². The van der Waals surface area contributed by atoms with Crippen molar-refractivity contribution in [3.8, 4) is 11.4 Å². The lowest BCUT2D eigenvalue weighted by molar-refractivity contribution is 0.0659. The fourth-order valence-electron chi connectivity index (χ4n) is 6.62. The Labute approximate surface area is 230 Å². The number of likely N-dealkylation sites (tertiary alicyclic amines) is 1. The van der Waals surface area contributed by atoms with E-state index in [0.29, 0.717) is 54.1 Å². The van der Waals surface area contributed by atoms with E-state index in [1.807, 2.05) is 50.4 Å². The second-order valence-electron chi connectivity index (χ2n) is 11.0. The van der Waals surface area contributed by atoms with Gasteiger partial charge in [-0.25, -0.2) is 4.98 Å². The normalized spacial score (nSPS) is 20.0. The van der Waals surface area contributed by atoms with Gasteiger partial charge in [0, 0.05) is 45.2 Å². The number of hydrogen-bond donors (Lipinski definition) is 2. The number of aliphatic hydroxyl groups is 1. The molecule has 0 aromatic carbocycles. The van der Waals surface area contributed by atoms with Gasteiger partial charge < -0.3 is 23.9 Å². The van der Waals surface area contributed by atoms with E-state index in [1.165, 1.54) is 0 Å². The highest BCUT2D eigenvalue weighted by atomic mass is 35.5. The van der Waals surface area contributed by atoms with Crippen molar-refractivity contribution in [2.75, 3.05) is 26.2 Å². The maximum absolute atomic E-state index is 13.7. The van der Waals surface area contributed by atoms with Gasteiger partial charge in [-0.05, 0) is 61.3 Å². The van der Waals surface area contributed by atoms with E-state index in [9.17, 15) is 14.7 Å². The van der Waals surface area contributed by atoms with Crippen LogP contribution in [0.2, 0.25) is 5.15 Å². The number of nitrogens with one attached hydrogen (secondary N) is 1. The molecule has 1 spiro atoms. The van der Waals surface area contributed by atoms with E-state index in [2.05, 4.69) is 15.2 Å². The number of amides is 2. The fraction of sp³-hybridized carbons (Fsp3) is 0.429. The standard InChI is InChI=1S/C28H30ClN7O3/c29-25-24(27(39)33-10-6-28(7-11-33)16-18(28)5-14-37)31-23-17-34(12-13-36(23)25)26(38)19-15-22(20-4-8-30-32-20)35-9-2-1-3-21(19)35/h1-4,8-9,15,18,37H,5-7,10-14,16-17H2,(H,30,32). The summed E-state index contributed by atoms with van der Waals surface area (Å²) in [5.41, 5.74) is 3.68. The summed E-state index contributed by atoms with van der Waals surface area (Å²) < 4.78 is 3.84. The number of rotatable bonds is 5. The molecule has 1 unspecified atom stereocenters. The molecule has 4 aromatic heterocycles. The smallest absolute Gasteiger partial charge is 0.275 e. The second-order valence-corrected chi connectivity index (χ2v) is 11.3. The summed E-state index contributed by atoms with van der Waals surface area (Å²) in [6.45, 7) is 2.83. The third kappa shape index (κ3) is 3.96. The molecule has 2 aliphatic heterocycles. The number of hydrogen-bond acceptors (Lipinski definition) is 5. The number of imidazole rings is 1. The third-order valence-electron chi connectivity index (χ3n) is 8.97. The minimum atomic E-state index is -0.142. The van der Waals surface area contributed by atoms with E-state index in [4.69, 9.17) is 11.6 Å². The number of aliphatic hydroxyl groups excluding tert-OH is 1. The lowest BCUT2D eigenvalue weighted by atomic mass is 9.90. The van der Waals surface area contributed by atoms with Gasteiger partial charge in [-0.15, -0.1) is 0 Å². The SMILES string of the molecule is O=C(c1nc2n(c1Cl)CCN(C(=O)c1cc(-c3ccn[nH]3)n3ccccc13)C2)N1CCC2(CC1)CC2CCO. The van der Waals surface area contributed by atoms with Crippen molar-refractivity contribution >= 4 is 28.9 Å². The molecule has 2 amide bonds. The van der Waals surface area contributed by atoms with E-state index >= 15 is 0 Å². The Morgan fingerprint density at radius 2 is 1.95 bits per heavy atom. The zero-order chi connectivity index (χ0) is 26.7. The number of pyridine rings is 1. The van der Waals surface area contributed by atoms with Crippen molar-refractivity contribution < 1.29 is 14.7 Å². The zero-order valence-corrected chi connectivity index (χ0v) is 22.3. The number of fused-ring (bicyclic) bond motifs is 2. The van der Waals surface area contributed by atoms with Crippen LogP contribution in [0.1, 0.15) is 52.4 Å². The summed E-state index contributed by atoms with van der Waals surface area (Å²) in [6, 6.07) is 9.55. The summed E-state index contributed by atoms with van der Waals surface area (Å²) in [6.07, 6.45) is 7.55. The molecule has 2 N–H and O–H groups in total. The highest BCUT2D eigenvalue weighted by Gasteiger charge is 2.54. The number of halogens is 1. The molecule has 10 nitrogen and oxygen atoms in total. The molecule has 0 radical (unpaired) electrons. The molecular formula is C28H30ClN7O3. The van der Waals surface area contributed by atoms with Crippen LogP contribution in [-0.2, 0) is 13.1 Å². The van der Waals surface area contributed by atoms with Crippen LogP contribution in [0.4, 0.5) is 0 Å². The maximum atomic E-state index is 13.7. The molecular weight excluding hydrogens is 518 g/mol. The van der Waals surface area contributed by atoms with Crippen molar-refractivity contribution in [3.05, 3.63) is 65.0 Å². The molecule has 0 bridgehead atoms. The average molecular weight is 548 g/mol. The summed E-state index contributed by atoms with van der Waals surface area (Å²) in [4.78, 5) is 35.4. The molecule has 4 aromatic rings. The summed E-state index contributed by atoms with van der Waals surface area (Å²) in [5, 5.41) is 16.7. The average Bonchev–Trinajstić information content (AvgIpc) is 3.38. The van der Waals surface area contributed by atoms with Crippen molar-refractivity contribution in [2.45, 2.75) is 38.8 Å². The van der Waals surface area contributed by atoms with Crippen LogP contribution in [0.25, 0.3) is 16.9 Å². The molecule has 39 heavy (non-hydrogen) atoms. The van der Waals surface area contributed by atoms with Crippen LogP contribution in [0.15, 0.2) is 42.7 Å². The van der Waals surface area contributed by atoms with Crippen molar-refractivity contribution in [1.29, 1.82) is 0 Å². The predicted octanol–water partition coefficient (Wildman–Crippen LogP) is 3.46. The topological polar surface area (TPSA) is 112 Å². The van der Waals surface area contributed by atoms with E-state index in [0.717, 1.165) is 42.6 Å². The van der Waals surface area contributed by atoms with Gasteiger partial charge in [-0.2, -0.15) is 5.10 Å². The number of piperidine rings is 1. The maximum Gasteiger partial charge on any atom is 0.275 e. The molecule has 1 aliphatic carbocycles. The van der Waals surface area contributed by atoms with Gasteiger partial charge in [0.25, 0.3) is 11.8 Å². The quantitative estimate of drug-likeness (QED) is 0.397. The molecule has 202 valence electrons. The fourth-order valence-corrected chi connectivity index (χ4v) is 6.92. The first-order chi connectivity index (χ1) is 19.0. The van der Waals surface area contributed by atoms with E-state index < -0.39 is 0 Å². The largest absolute Gasteiger partial charge is 0.396 e. The van der Waals surface area contributed by atoms with E-state index in [-0.39, 0.29) is 30.7 Å². The van der Waals surface area contributed by atoms with Crippen LogP contribution >= 0.6 is 11.6 Å². The van der Waals surface area contributed by atoms with Gasteiger partial charge in [0.15, 0.2) is 5.69 Å². The summed E-state index contributed by atoms with van der Waals surface area (Å²) in [7, 11) is 0. The Morgan fingerprint density at radius 3 is 2.72 bits per heavy atom. The number of carbonyl (C=O) groups excluding carboxylic acids is 2. The summed E-state index contributed by atoms with van der Waals surface area (Å²) in [5.74, 6) is 0.974. The van der Waals surface area contributed by atoms with Crippen molar-refractivity contribution in [3.63, 3.8) is 0 Å². The van der Waals surface area contributed by atoms with Crippen LogP contribution in [-0.4, -0.2) is 77.1 Å². The van der Waals surface area contributed by atoms with Crippen LogP contribution < -0.4 is 0 Å². The molecule has 3 aliphatic rings. The highest BCUT2D eigenvalue weighted by Crippen LogP contribution is 2.60. The number of aromatic amines is 1. The van der Waals surface area contributed by atoms with Crippen LogP contribution in [0, 0.1) is 11.3 Å². The van der Waals surface area contributed by atoms with Gasteiger partial charge in [0.1, 0.15) is 11.0 Å².